The number of rotatable bonds is 8. The van der Waals surface area contributed by atoms with Crippen molar-refractivity contribution in [2.75, 3.05) is 13.1 Å². The molecular formula is C25H23FN2O4S. The summed E-state index contributed by atoms with van der Waals surface area (Å²) < 4.78 is 13.8. The standard InChI is InChI=1S/C25H23FN2O4S/c26-20-7-2-1-4-18(20)15-22-24(31)28(25(32)33-22)13-12-27-23(30)11-10-21(29)19-9-8-16-5-3-6-17(16)14-19/h1-2,4,7-9,14-15H,3,5-6,10-13H2,(H,27,30)/b22-15-. The van der Waals surface area contributed by atoms with Crippen molar-refractivity contribution in [3.05, 3.63) is 75.4 Å². The van der Waals surface area contributed by atoms with Crippen LogP contribution in [0.5, 0.6) is 0 Å². The van der Waals surface area contributed by atoms with E-state index in [2.05, 4.69) is 5.32 Å². The lowest BCUT2D eigenvalue weighted by Crippen LogP contribution is -2.37. The number of hydrogen-bond donors (Lipinski definition) is 1. The summed E-state index contributed by atoms with van der Waals surface area (Å²) in [6.45, 7) is 0.0840. The molecule has 0 saturated carbocycles. The van der Waals surface area contributed by atoms with Gasteiger partial charge in [0.15, 0.2) is 5.78 Å². The molecule has 3 amide bonds. The zero-order chi connectivity index (χ0) is 23.4. The Bertz CT molecular complexity index is 1160. The van der Waals surface area contributed by atoms with E-state index in [0.29, 0.717) is 5.56 Å². The van der Waals surface area contributed by atoms with Crippen molar-refractivity contribution < 1.29 is 23.6 Å². The van der Waals surface area contributed by atoms with E-state index in [-0.39, 0.29) is 48.1 Å². The Kier molecular flexibility index (Phi) is 7.03. The van der Waals surface area contributed by atoms with Gasteiger partial charge >= 0.3 is 0 Å². The molecule has 1 fully saturated rings. The molecule has 2 aliphatic rings. The van der Waals surface area contributed by atoms with Crippen molar-refractivity contribution in [3.63, 3.8) is 0 Å². The van der Waals surface area contributed by atoms with E-state index in [9.17, 15) is 23.6 Å². The molecule has 1 saturated heterocycles. The molecule has 1 N–H and O–H groups in total. The van der Waals surface area contributed by atoms with Crippen LogP contribution in [0.4, 0.5) is 9.18 Å². The molecule has 1 aliphatic heterocycles. The summed E-state index contributed by atoms with van der Waals surface area (Å²) in [5.41, 5.74) is 3.36. The fourth-order valence-corrected chi connectivity index (χ4v) is 4.79. The molecule has 1 heterocycles. The van der Waals surface area contributed by atoms with Crippen molar-refractivity contribution in [2.45, 2.75) is 32.1 Å². The molecule has 0 bridgehead atoms. The van der Waals surface area contributed by atoms with Gasteiger partial charge in [-0.1, -0.05) is 30.3 Å². The second-order valence-electron chi connectivity index (χ2n) is 7.97. The van der Waals surface area contributed by atoms with Gasteiger partial charge in [0.1, 0.15) is 5.82 Å². The highest BCUT2D eigenvalue weighted by Gasteiger charge is 2.34. The smallest absolute Gasteiger partial charge is 0.293 e. The molecule has 170 valence electrons. The summed E-state index contributed by atoms with van der Waals surface area (Å²) >= 11 is 0.739. The van der Waals surface area contributed by atoms with Crippen molar-refractivity contribution in [2.24, 2.45) is 0 Å². The first-order valence-electron chi connectivity index (χ1n) is 10.8. The molecule has 33 heavy (non-hydrogen) atoms. The maximum Gasteiger partial charge on any atom is 0.293 e. The Morgan fingerprint density at radius 3 is 2.67 bits per heavy atom. The Morgan fingerprint density at radius 2 is 1.85 bits per heavy atom. The number of imide groups is 1. The van der Waals surface area contributed by atoms with E-state index in [4.69, 9.17) is 0 Å². The van der Waals surface area contributed by atoms with Gasteiger partial charge in [0.25, 0.3) is 11.1 Å². The van der Waals surface area contributed by atoms with Gasteiger partial charge in [0, 0.05) is 37.1 Å². The predicted octanol–water partition coefficient (Wildman–Crippen LogP) is 4.13. The number of aryl methyl sites for hydroxylation is 2. The maximum atomic E-state index is 13.8. The van der Waals surface area contributed by atoms with Crippen LogP contribution in [0.2, 0.25) is 0 Å². The number of carbonyl (C=O) groups excluding carboxylic acids is 4. The van der Waals surface area contributed by atoms with Gasteiger partial charge < -0.3 is 5.32 Å². The van der Waals surface area contributed by atoms with Gasteiger partial charge in [-0.25, -0.2) is 4.39 Å². The summed E-state index contributed by atoms with van der Waals surface area (Å²) in [4.78, 5) is 50.4. The van der Waals surface area contributed by atoms with Crippen LogP contribution in [0.3, 0.4) is 0 Å². The number of Topliss-reactive ketones (excluding diaryl/α,β-unsaturated/α-hetero) is 1. The third-order valence-electron chi connectivity index (χ3n) is 5.72. The molecular weight excluding hydrogens is 443 g/mol. The zero-order valence-corrected chi connectivity index (χ0v) is 18.8. The van der Waals surface area contributed by atoms with Crippen molar-refractivity contribution >= 4 is 40.7 Å². The van der Waals surface area contributed by atoms with Crippen LogP contribution >= 0.6 is 11.8 Å². The molecule has 2 aromatic rings. The first-order valence-corrected chi connectivity index (χ1v) is 11.7. The number of ketones is 1. The van der Waals surface area contributed by atoms with E-state index in [1.807, 2.05) is 18.2 Å². The summed E-state index contributed by atoms with van der Waals surface area (Å²) in [6, 6.07) is 11.7. The van der Waals surface area contributed by atoms with Gasteiger partial charge in [-0.15, -0.1) is 0 Å². The van der Waals surface area contributed by atoms with E-state index < -0.39 is 17.0 Å². The Hall–Kier alpha value is -3.26. The van der Waals surface area contributed by atoms with Crippen LogP contribution in [0, 0.1) is 5.82 Å². The minimum Gasteiger partial charge on any atom is -0.354 e. The molecule has 0 aromatic heterocycles. The van der Waals surface area contributed by atoms with Gasteiger partial charge in [-0.05, 0) is 60.4 Å². The number of amides is 3. The monoisotopic (exact) mass is 466 g/mol. The van der Waals surface area contributed by atoms with Gasteiger partial charge in [0.05, 0.1) is 4.91 Å². The predicted molar refractivity (Wildman–Crippen MR) is 124 cm³/mol. The fourth-order valence-electron chi connectivity index (χ4n) is 3.94. The van der Waals surface area contributed by atoms with Gasteiger partial charge in [0.2, 0.25) is 5.91 Å². The third-order valence-corrected chi connectivity index (χ3v) is 6.63. The molecule has 0 radical (unpaired) electrons. The molecule has 0 unspecified atom stereocenters. The number of nitrogens with zero attached hydrogens (tertiary/aromatic N) is 1. The normalized spacial score (nSPS) is 16.4. The molecule has 4 rings (SSSR count). The number of fused-ring (bicyclic) bond motifs is 1. The minimum absolute atomic E-state index is 0.00376. The van der Waals surface area contributed by atoms with Gasteiger partial charge in [-0.2, -0.15) is 0 Å². The lowest BCUT2D eigenvalue weighted by Gasteiger charge is -2.13. The minimum atomic E-state index is -0.519. The first kappa shape index (κ1) is 22.9. The first-order chi connectivity index (χ1) is 15.9. The van der Waals surface area contributed by atoms with Crippen LogP contribution in [-0.2, 0) is 22.4 Å². The topological polar surface area (TPSA) is 83.6 Å². The number of benzene rings is 2. The van der Waals surface area contributed by atoms with Crippen LogP contribution in [-0.4, -0.2) is 40.8 Å². The molecule has 8 heteroatoms. The Morgan fingerprint density at radius 1 is 1.06 bits per heavy atom. The van der Waals surface area contributed by atoms with E-state index in [0.717, 1.165) is 35.9 Å². The fraction of sp³-hybridized carbons (Fsp3) is 0.280. The summed E-state index contributed by atoms with van der Waals surface area (Å²) in [6.07, 6.45) is 4.62. The summed E-state index contributed by atoms with van der Waals surface area (Å²) in [5, 5.41) is 2.18. The van der Waals surface area contributed by atoms with E-state index in [1.165, 1.54) is 29.3 Å². The van der Waals surface area contributed by atoms with E-state index >= 15 is 0 Å². The second kappa shape index (κ2) is 10.1. The molecule has 1 aliphatic carbocycles. The molecule has 0 atom stereocenters. The average Bonchev–Trinajstić information content (AvgIpc) is 3.38. The van der Waals surface area contributed by atoms with Crippen molar-refractivity contribution in [1.82, 2.24) is 10.2 Å². The quantitative estimate of drug-likeness (QED) is 0.467. The molecule has 6 nitrogen and oxygen atoms in total. The number of carbonyl (C=O) groups is 4. The second-order valence-corrected chi connectivity index (χ2v) is 8.96. The number of hydrogen-bond acceptors (Lipinski definition) is 5. The highest BCUT2D eigenvalue weighted by atomic mass is 32.2. The van der Waals surface area contributed by atoms with Crippen molar-refractivity contribution in [3.8, 4) is 0 Å². The third kappa shape index (κ3) is 5.39. The summed E-state index contributed by atoms with van der Waals surface area (Å²) in [5.74, 6) is -1.40. The largest absolute Gasteiger partial charge is 0.354 e. The lowest BCUT2D eigenvalue weighted by atomic mass is 10.0. The van der Waals surface area contributed by atoms with E-state index in [1.54, 1.807) is 12.1 Å². The van der Waals surface area contributed by atoms with Crippen LogP contribution in [0.15, 0.2) is 47.4 Å². The SMILES string of the molecule is O=C(CCC(=O)c1ccc2c(c1)CCC2)NCCN1C(=O)S/C(=C\c2ccccc2F)C1=O. The van der Waals surface area contributed by atoms with Crippen LogP contribution < -0.4 is 5.32 Å². The lowest BCUT2D eigenvalue weighted by molar-refractivity contribution is -0.124. The number of halogens is 1. The number of nitrogens with one attached hydrogen (secondary N) is 1. The van der Waals surface area contributed by atoms with Crippen molar-refractivity contribution in [1.29, 1.82) is 0 Å². The number of thioether (sulfide) groups is 1. The van der Waals surface area contributed by atoms with Gasteiger partial charge in [-0.3, -0.25) is 24.1 Å². The summed E-state index contributed by atoms with van der Waals surface area (Å²) in [7, 11) is 0. The van der Waals surface area contributed by atoms with Crippen LogP contribution in [0.25, 0.3) is 6.08 Å². The highest BCUT2D eigenvalue weighted by Crippen LogP contribution is 2.32. The maximum absolute atomic E-state index is 13.8. The van der Waals surface area contributed by atoms with Crippen LogP contribution in [0.1, 0.15) is 46.3 Å². The average molecular weight is 467 g/mol. The Labute approximate surface area is 195 Å². The highest BCUT2D eigenvalue weighted by molar-refractivity contribution is 8.18. The molecule has 0 spiro atoms. The zero-order valence-electron chi connectivity index (χ0n) is 17.9. The molecule has 2 aromatic carbocycles. The Balaban J connectivity index is 1.24.